The van der Waals surface area contributed by atoms with Gasteiger partial charge < -0.3 is 299 Å². The van der Waals surface area contributed by atoms with Gasteiger partial charge in [0.15, 0.2) is 75.5 Å². The minimum absolute atomic E-state index is 0.872. The van der Waals surface area contributed by atoms with Crippen LogP contribution in [-0.4, -0.2) is 633 Å². The molecule has 64 nitrogen and oxygen atoms in total. The average molecular weight is 2110 g/mol. The predicted octanol–water partition coefficient (Wildman–Crippen LogP) is -25.6. The second kappa shape index (κ2) is 51.6. The van der Waals surface area contributed by atoms with E-state index in [1.54, 1.807) is 0 Å². The van der Waals surface area contributed by atoms with Crippen LogP contribution in [0.2, 0.25) is 0 Å². The number of hydrogen-bond acceptors (Lipinski definition) is 60. The van der Waals surface area contributed by atoms with Gasteiger partial charge in [0.1, 0.15) is 287 Å². The Morgan fingerprint density at radius 2 is 0.424 bits per heavy atom. The van der Waals surface area contributed by atoms with Crippen molar-refractivity contribution in [3.63, 3.8) is 0 Å². The van der Waals surface area contributed by atoms with Crippen molar-refractivity contribution in [2.45, 2.75) is 403 Å². The zero-order valence-electron chi connectivity index (χ0n) is 77.2. The van der Waals surface area contributed by atoms with Gasteiger partial charge in [-0.1, -0.05) is 0 Å². The third kappa shape index (κ3) is 25.8. The van der Waals surface area contributed by atoms with Crippen molar-refractivity contribution in [2.75, 3.05) is 72.7 Å². The lowest BCUT2D eigenvalue weighted by Crippen LogP contribution is -2.71. The molecule has 0 spiro atoms. The van der Waals surface area contributed by atoms with Crippen molar-refractivity contribution in [3.05, 3.63) is 0 Å². The smallest absolute Gasteiger partial charge is 0.217 e. The van der Waals surface area contributed by atoms with Gasteiger partial charge in [-0.15, -0.1) is 0 Å². The molecule has 4 amide bonds. The Kier molecular flexibility index (Phi) is 42.4. The van der Waals surface area contributed by atoms with Gasteiger partial charge in [0.2, 0.25) is 23.6 Å². The number of carbonyl (C=O) groups is 4. The summed E-state index contributed by atoms with van der Waals surface area (Å²) in [5.74, 6) is -3.96. The van der Waals surface area contributed by atoms with E-state index >= 15 is 0 Å². The summed E-state index contributed by atoms with van der Waals surface area (Å²) in [5.41, 5.74) is 0. The molecule has 0 aromatic rings. The number of rotatable bonds is 37. The summed E-state index contributed by atoms with van der Waals surface area (Å²) in [6.07, 6.45) is -119. The summed E-state index contributed by atoms with van der Waals surface area (Å²) in [6.45, 7) is -7.66. The third-order valence-electron chi connectivity index (χ3n) is 26.6. The molecular formula is C80H134N4O60. The molecule has 0 aromatic heterocycles. The van der Waals surface area contributed by atoms with Gasteiger partial charge in [0.05, 0.1) is 78.8 Å². The van der Waals surface area contributed by atoms with E-state index in [0.717, 1.165) is 27.7 Å². The zero-order chi connectivity index (χ0) is 106. The van der Waals surface area contributed by atoms with Crippen LogP contribution < -0.4 is 21.3 Å². The summed E-state index contributed by atoms with van der Waals surface area (Å²) in [5, 5.41) is 379. The molecule has 12 aliphatic heterocycles. The molecule has 834 valence electrons. The fraction of sp³-hybridized carbons (Fsp3) is 0.950. The molecule has 64 heteroatoms. The Morgan fingerprint density at radius 3 is 0.785 bits per heavy atom. The summed E-state index contributed by atoms with van der Waals surface area (Å²) >= 11 is 0. The number of ether oxygens (including phenoxy) is 23. The van der Waals surface area contributed by atoms with Gasteiger partial charge >= 0.3 is 0 Å². The number of amides is 4. The van der Waals surface area contributed by atoms with Gasteiger partial charge in [0.25, 0.3) is 0 Å². The molecule has 12 heterocycles. The van der Waals surface area contributed by atoms with Crippen LogP contribution in [0, 0.1) is 0 Å². The van der Waals surface area contributed by atoms with Gasteiger partial charge in [-0.3, -0.25) is 19.2 Å². The lowest BCUT2D eigenvalue weighted by Gasteiger charge is -2.51. The van der Waals surface area contributed by atoms with Crippen LogP contribution in [0.15, 0.2) is 0 Å². The van der Waals surface area contributed by atoms with E-state index in [2.05, 4.69) is 21.3 Å². The predicted molar refractivity (Wildman–Crippen MR) is 440 cm³/mol. The lowest BCUT2D eigenvalue weighted by atomic mass is 9.93. The van der Waals surface area contributed by atoms with Crippen molar-refractivity contribution in [2.24, 2.45) is 0 Å². The molecule has 0 aliphatic carbocycles. The van der Waals surface area contributed by atoms with Crippen molar-refractivity contribution >= 4 is 23.6 Å². The summed E-state index contributed by atoms with van der Waals surface area (Å²) in [4.78, 5) is 52.4. The second-order valence-corrected chi connectivity index (χ2v) is 36.6. The Bertz CT molecular complexity index is 3970. The maximum atomic E-state index is 13.4. The molecule has 12 rings (SSSR count). The quantitative estimate of drug-likeness (QED) is 0.0275. The normalized spacial score (nSPS) is 50.4. The molecular weight excluding hydrogens is 1980 g/mol. The zero-order valence-corrected chi connectivity index (χ0v) is 77.2. The maximum absolute atomic E-state index is 13.4. The van der Waals surface area contributed by atoms with E-state index in [1.807, 2.05) is 0 Å². The monoisotopic (exact) mass is 2110 g/mol. The molecule has 0 saturated carbocycles. The van der Waals surface area contributed by atoms with Crippen LogP contribution >= 0.6 is 0 Å². The molecule has 0 bridgehead atoms. The highest BCUT2D eigenvalue weighted by Gasteiger charge is 2.64. The van der Waals surface area contributed by atoms with Crippen LogP contribution in [0.3, 0.4) is 0 Å². The molecule has 12 fully saturated rings. The van der Waals surface area contributed by atoms with E-state index in [0.29, 0.717) is 0 Å². The molecule has 60 atom stereocenters. The minimum Gasteiger partial charge on any atom is -0.394 e. The van der Waals surface area contributed by atoms with Crippen molar-refractivity contribution in [1.29, 1.82) is 0 Å². The standard InChI is InChI=1S/C80H134N4O60/c1-17-37(98)47(108)54(115)73(124-17)122-16-32-65(43(104)33(69(121)125-32)81-18(2)94)136-70-34(82-19(3)95)44(105)62(28(12-91)130-70)139-78-59(120)66(142-80-68(51(112)41(102)25(9-88)129-80)144-72-36(84-21(5)97)46(107)61(27(11-90)132-72)138-77-58(119)53(114)64(30(14-93)134-77)141-75-56(117)49(110)39(100)23(7-86)127-75)42(103)31(135-78)15-123-79-67(50(111)40(101)24(8-87)128-79)143-71-35(83-20(4)96)45(106)60(26(10-89)131-71)137-76-57(118)52(113)63(29(13-92)133-76)140-74-55(116)48(109)38(99)22(6-85)126-74/h17,22-80,85-93,98-121H,6-16H2,1-5H3,(H,81,94)(H,82,95)(H,83,96)(H,84,97)/t17-,22+,23+,24+,25+,26+,27+,28+,29+,30+,31+,32+,33+,34+,35+,36-,37+,38-,39-,40+,41+,42+,43+,44+,45+,46+,47+,48-,49-,50-,51-,52+,53+,54-,55+,56-,57+,58+,59-,60+,61+,62+,63-,64-,65+,66-,67-,68-,69+,70-,71-,72-,73+,74-,75-,76-,77-,78-,79-,80+/m0/s1. The molecule has 0 unspecified atom stereocenters. The molecule has 144 heavy (non-hydrogen) atoms. The second-order valence-electron chi connectivity index (χ2n) is 36.6. The SMILES string of the molecule is CC(=O)N[C@@H]1[C@H](O[C@@H]2[C@@H](O[C@@H]3[C@H](O)[C@H](O[C@H]4[C@H](O)[C@@H](NC(C)=O)[C@H](O[C@H]5[C@H](O)[C@@H](NC(C)=O)[C@H](O)O[C@@H]5CO[C@@H]5O[C@@H](C)[C@@H](O)[C@@H](O)[C@@H]5O)O[C@@H]4CO)O[C@H](CO[C@H]4O[C@H](CO)[C@@H](O)[C@H](O)[C@@H]4O[C@@H]4O[C@H](CO)[C@@H](O[C@@H]5O[C@H](CO)[C@H](O[C@@H]6O[C@H](CO)[C@H](O)[C@H](O)[C@H]6O)[C@H](O)[C@H]5O)[C@H](O)[C@H]4NC(C)=O)[C@H]3O)O[C@H](CO)[C@@H](O)[C@@H]2O)O[C@H](CO)[C@@H](O[C@@H]2O[C@H](CO)[C@H](O[C@@H]3O[C@H](CO)[C@H](O)[C@H](O)[C@@H]3O)[C@H](O)[C@H]2O)[C@@H]1O. The highest BCUT2D eigenvalue weighted by atomic mass is 16.8. The minimum atomic E-state index is -2.70. The van der Waals surface area contributed by atoms with Crippen LogP contribution in [0.5, 0.6) is 0 Å². The van der Waals surface area contributed by atoms with E-state index in [1.165, 1.54) is 6.92 Å². The number of aliphatic hydroxyl groups is 33. The van der Waals surface area contributed by atoms with Crippen LogP contribution in [0.25, 0.3) is 0 Å². The molecule has 12 saturated heterocycles. The van der Waals surface area contributed by atoms with Crippen LogP contribution in [0.1, 0.15) is 34.6 Å². The fourth-order valence-corrected chi connectivity index (χ4v) is 18.8. The number of hydrogen-bond donors (Lipinski definition) is 37. The number of nitrogens with one attached hydrogen (secondary N) is 4. The van der Waals surface area contributed by atoms with E-state index in [9.17, 15) is 188 Å². The Balaban J connectivity index is 0.845. The van der Waals surface area contributed by atoms with Gasteiger partial charge in [-0.05, 0) is 6.92 Å². The lowest BCUT2D eigenvalue weighted by molar-refractivity contribution is -0.400. The summed E-state index contributed by atoms with van der Waals surface area (Å²) in [7, 11) is 0. The fourth-order valence-electron chi connectivity index (χ4n) is 18.8. The van der Waals surface area contributed by atoms with Gasteiger partial charge in [-0.25, -0.2) is 0 Å². The van der Waals surface area contributed by atoms with Crippen molar-refractivity contribution < 1.29 is 297 Å². The van der Waals surface area contributed by atoms with Crippen LogP contribution in [-0.2, 0) is 128 Å². The molecule has 0 aromatic carbocycles. The Hall–Kier alpha value is -4.36. The van der Waals surface area contributed by atoms with Crippen LogP contribution in [0.4, 0.5) is 0 Å². The first-order chi connectivity index (χ1) is 68.1. The van der Waals surface area contributed by atoms with Gasteiger partial charge in [0, 0.05) is 27.7 Å². The highest BCUT2D eigenvalue weighted by Crippen LogP contribution is 2.43. The van der Waals surface area contributed by atoms with Crippen molar-refractivity contribution in [1.82, 2.24) is 21.3 Å². The number of aliphatic hydroxyl groups excluding tert-OH is 33. The van der Waals surface area contributed by atoms with E-state index in [-0.39, 0.29) is 0 Å². The third-order valence-corrected chi connectivity index (χ3v) is 26.6. The maximum Gasteiger partial charge on any atom is 0.217 e. The van der Waals surface area contributed by atoms with E-state index in [4.69, 9.17) is 109 Å². The number of carbonyl (C=O) groups excluding carboxylic acids is 4. The first-order valence-corrected chi connectivity index (χ1v) is 46.0. The highest BCUT2D eigenvalue weighted by molar-refractivity contribution is 5.74. The first kappa shape index (κ1) is 118. The van der Waals surface area contributed by atoms with Crippen molar-refractivity contribution in [3.8, 4) is 0 Å². The first-order valence-electron chi connectivity index (χ1n) is 46.0. The summed E-state index contributed by atoms with van der Waals surface area (Å²) < 4.78 is 136. The van der Waals surface area contributed by atoms with Gasteiger partial charge in [-0.2, -0.15) is 0 Å². The molecule has 37 N–H and O–H groups in total. The molecule has 0 radical (unpaired) electrons. The Labute approximate surface area is 814 Å². The topological polar surface area (TPSA) is 996 Å². The van der Waals surface area contributed by atoms with E-state index < -0.39 is 465 Å². The average Bonchev–Trinajstić information content (AvgIpc) is 0.772. The summed E-state index contributed by atoms with van der Waals surface area (Å²) in [6, 6.07) is -8.02. The largest absolute Gasteiger partial charge is 0.394 e. The Morgan fingerprint density at radius 1 is 0.194 bits per heavy atom. The molecule has 12 aliphatic rings.